The number of aromatic nitrogens is 1. The molecule has 1 aliphatic carbocycles. The number of hydrogen-bond acceptors (Lipinski definition) is 4. The van der Waals surface area contributed by atoms with Gasteiger partial charge in [0.15, 0.2) is 5.69 Å². The van der Waals surface area contributed by atoms with Crippen molar-refractivity contribution in [1.82, 2.24) is 10.1 Å². The van der Waals surface area contributed by atoms with Crippen LogP contribution in [-0.4, -0.2) is 42.1 Å². The highest BCUT2D eigenvalue weighted by atomic mass is 16.5. The molecule has 2 aliphatic rings. The summed E-state index contributed by atoms with van der Waals surface area (Å²) in [6, 6.07) is 6.55. The molecule has 5 heteroatoms. The summed E-state index contributed by atoms with van der Waals surface area (Å²) in [5, 5.41) is 4.10. The molecule has 0 atom stereocenters. The zero-order chi connectivity index (χ0) is 17.4. The van der Waals surface area contributed by atoms with Gasteiger partial charge in [0.05, 0.1) is 0 Å². The Hall–Kier alpha value is -2.30. The number of fused-ring (bicyclic) bond motifs is 1. The molecule has 0 spiro atoms. The zero-order valence-corrected chi connectivity index (χ0v) is 15.0. The number of aryl methyl sites for hydroxylation is 3. The zero-order valence-electron chi connectivity index (χ0n) is 15.0. The van der Waals surface area contributed by atoms with Crippen molar-refractivity contribution >= 4 is 11.6 Å². The first-order valence-electron chi connectivity index (χ1n) is 9.22. The molecule has 4 rings (SSSR count). The van der Waals surface area contributed by atoms with Gasteiger partial charge in [-0.1, -0.05) is 17.3 Å². The van der Waals surface area contributed by atoms with E-state index in [1.165, 1.54) is 16.8 Å². The van der Waals surface area contributed by atoms with Crippen LogP contribution < -0.4 is 4.90 Å². The average Bonchev–Trinajstić information content (AvgIpc) is 3.07. The van der Waals surface area contributed by atoms with Crippen molar-refractivity contribution in [1.29, 1.82) is 0 Å². The van der Waals surface area contributed by atoms with E-state index in [0.717, 1.165) is 63.2 Å². The Balaban J connectivity index is 1.46. The third-order valence-corrected chi connectivity index (χ3v) is 5.42. The molecule has 2 aromatic rings. The fourth-order valence-electron chi connectivity index (χ4n) is 3.91. The number of anilines is 1. The number of nitrogens with zero attached hydrogens (tertiary/aromatic N) is 3. The van der Waals surface area contributed by atoms with E-state index >= 15 is 0 Å². The number of carbonyl (C=O) groups excluding carboxylic acids is 1. The van der Waals surface area contributed by atoms with Crippen LogP contribution in [0.15, 0.2) is 22.7 Å². The largest absolute Gasteiger partial charge is 0.368 e. The second kappa shape index (κ2) is 6.54. The summed E-state index contributed by atoms with van der Waals surface area (Å²) < 4.78 is 5.41. The molecule has 1 saturated heterocycles. The van der Waals surface area contributed by atoms with Gasteiger partial charge in [0.2, 0.25) is 0 Å². The average molecular weight is 339 g/mol. The van der Waals surface area contributed by atoms with E-state index in [-0.39, 0.29) is 5.91 Å². The summed E-state index contributed by atoms with van der Waals surface area (Å²) in [5.41, 5.74) is 5.44. The van der Waals surface area contributed by atoms with E-state index in [2.05, 4.69) is 42.1 Å². The lowest BCUT2D eigenvalue weighted by Crippen LogP contribution is -2.49. The molecule has 0 N–H and O–H groups in total. The normalized spacial score (nSPS) is 17.5. The molecule has 2 heterocycles. The van der Waals surface area contributed by atoms with E-state index in [4.69, 9.17) is 4.52 Å². The Labute approximate surface area is 148 Å². The highest BCUT2D eigenvalue weighted by Crippen LogP contribution is 2.26. The third-order valence-electron chi connectivity index (χ3n) is 5.42. The molecule has 5 nitrogen and oxygen atoms in total. The second-order valence-electron chi connectivity index (χ2n) is 7.21. The fraction of sp³-hybridized carbons (Fsp3) is 0.500. The Morgan fingerprint density at radius 2 is 1.84 bits per heavy atom. The monoisotopic (exact) mass is 339 g/mol. The summed E-state index contributed by atoms with van der Waals surface area (Å²) in [6.07, 6.45) is 4.08. The van der Waals surface area contributed by atoms with Crippen LogP contribution in [0.2, 0.25) is 0 Å². The molecule has 0 radical (unpaired) electrons. The van der Waals surface area contributed by atoms with Gasteiger partial charge < -0.3 is 14.3 Å². The molecule has 0 bridgehead atoms. The third kappa shape index (κ3) is 3.03. The minimum atomic E-state index is 0.0347. The van der Waals surface area contributed by atoms with E-state index < -0.39 is 0 Å². The number of piperazine rings is 1. The van der Waals surface area contributed by atoms with Gasteiger partial charge in [0.25, 0.3) is 5.91 Å². The van der Waals surface area contributed by atoms with E-state index in [1.807, 2.05) is 4.90 Å². The molecule has 25 heavy (non-hydrogen) atoms. The standard InChI is InChI=1S/C20H25N3O2/c1-14-7-8-15(2)17(13-14)22-9-11-23(12-10-22)20(24)19-16-5-3-4-6-18(16)25-21-19/h7-8,13H,3-6,9-12H2,1-2H3. The summed E-state index contributed by atoms with van der Waals surface area (Å²) >= 11 is 0. The SMILES string of the molecule is Cc1ccc(C)c(N2CCN(C(=O)c3noc4c3CCCC4)CC2)c1. The molecule has 1 aromatic heterocycles. The van der Waals surface area contributed by atoms with Crippen LogP contribution in [0.25, 0.3) is 0 Å². The van der Waals surface area contributed by atoms with Crippen LogP contribution in [0.3, 0.4) is 0 Å². The van der Waals surface area contributed by atoms with E-state index in [1.54, 1.807) is 0 Å². The van der Waals surface area contributed by atoms with Gasteiger partial charge in [0.1, 0.15) is 5.76 Å². The van der Waals surface area contributed by atoms with Gasteiger partial charge in [-0.05, 0) is 50.3 Å². The van der Waals surface area contributed by atoms with Gasteiger partial charge in [-0.3, -0.25) is 4.79 Å². The minimum absolute atomic E-state index is 0.0347. The first-order valence-corrected chi connectivity index (χ1v) is 9.22. The Morgan fingerprint density at radius 1 is 1.08 bits per heavy atom. The van der Waals surface area contributed by atoms with Gasteiger partial charge >= 0.3 is 0 Å². The maximum absolute atomic E-state index is 12.9. The summed E-state index contributed by atoms with van der Waals surface area (Å²) in [4.78, 5) is 17.2. The van der Waals surface area contributed by atoms with Crippen molar-refractivity contribution in [2.75, 3.05) is 31.1 Å². The maximum Gasteiger partial charge on any atom is 0.276 e. The highest BCUT2D eigenvalue weighted by molar-refractivity contribution is 5.94. The fourth-order valence-corrected chi connectivity index (χ4v) is 3.91. The highest BCUT2D eigenvalue weighted by Gasteiger charge is 2.29. The van der Waals surface area contributed by atoms with Crippen LogP contribution in [0.4, 0.5) is 5.69 Å². The van der Waals surface area contributed by atoms with Crippen LogP contribution in [-0.2, 0) is 12.8 Å². The lowest BCUT2D eigenvalue weighted by atomic mass is 9.96. The van der Waals surface area contributed by atoms with Gasteiger partial charge in [-0.15, -0.1) is 0 Å². The quantitative estimate of drug-likeness (QED) is 0.843. The molecule has 132 valence electrons. The first-order chi connectivity index (χ1) is 12.1. The van der Waals surface area contributed by atoms with Crippen LogP contribution in [0.5, 0.6) is 0 Å². The van der Waals surface area contributed by atoms with Crippen LogP contribution >= 0.6 is 0 Å². The number of carbonyl (C=O) groups is 1. The number of amides is 1. The molecule has 1 amide bonds. The van der Waals surface area contributed by atoms with Gasteiger partial charge in [-0.2, -0.15) is 0 Å². The maximum atomic E-state index is 12.9. The summed E-state index contributed by atoms with van der Waals surface area (Å²) in [5.74, 6) is 0.955. The molecule has 1 aromatic carbocycles. The molecule has 1 fully saturated rings. The van der Waals surface area contributed by atoms with Crippen molar-refractivity contribution in [3.05, 3.63) is 46.3 Å². The Morgan fingerprint density at radius 3 is 2.64 bits per heavy atom. The van der Waals surface area contributed by atoms with Crippen LogP contribution in [0.1, 0.15) is 45.8 Å². The van der Waals surface area contributed by atoms with Gasteiger partial charge in [-0.25, -0.2) is 0 Å². The smallest absolute Gasteiger partial charge is 0.276 e. The number of benzene rings is 1. The second-order valence-corrected chi connectivity index (χ2v) is 7.21. The summed E-state index contributed by atoms with van der Waals surface area (Å²) in [7, 11) is 0. The predicted octanol–water partition coefficient (Wildman–Crippen LogP) is 3.13. The first kappa shape index (κ1) is 16.2. The molecule has 0 saturated carbocycles. The minimum Gasteiger partial charge on any atom is -0.368 e. The molecular weight excluding hydrogens is 314 g/mol. The van der Waals surface area contributed by atoms with E-state index in [0.29, 0.717) is 5.69 Å². The topological polar surface area (TPSA) is 49.6 Å². The van der Waals surface area contributed by atoms with E-state index in [9.17, 15) is 4.79 Å². The number of rotatable bonds is 2. The lowest BCUT2D eigenvalue weighted by molar-refractivity contribution is 0.0735. The van der Waals surface area contributed by atoms with Crippen molar-refractivity contribution in [3.8, 4) is 0 Å². The van der Waals surface area contributed by atoms with Gasteiger partial charge in [0, 0.05) is 43.9 Å². The Bertz CT molecular complexity index is 788. The lowest BCUT2D eigenvalue weighted by Gasteiger charge is -2.36. The van der Waals surface area contributed by atoms with Crippen molar-refractivity contribution in [3.63, 3.8) is 0 Å². The van der Waals surface area contributed by atoms with Crippen molar-refractivity contribution in [2.24, 2.45) is 0 Å². The van der Waals surface area contributed by atoms with Crippen molar-refractivity contribution < 1.29 is 9.32 Å². The number of hydrogen-bond donors (Lipinski definition) is 0. The molecule has 0 unspecified atom stereocenters. The molecule has 1 aliphatic heterocycles. The molecular formula is C20H25N3O2. The van der Waals surface area contributed by atoms with Crippen LogP contribution in [0, 0.1) is 13.8 Å². The summed E-state index contributed by atoms with van der Waals surface area (Å²) in [6.45, 7) is 7.44. The Kier molecular flexibility index (Phi) is 4.24. The van der Waals surface area contributed by atoms with Crippen molar-refractivity contribution in [2.45, 2.75) is 39.5 Å². The predicted molar refractivity (Wildman–Crippen MR) is 97.2 cm³/mol.